The Labute approximate surface area is 338 Å². The molecular weight excluding hydrogens is 784 g/mol. The zero-order valence-electron chi connectivity index (χ0n) is 31.8. The number of hydrogen-bond donors (Lipinski definition) is 2. The molecule has 6 aromatic rings. The van der Waals surface area contributed by atoms with E-state index >= 15 is 0 Å². The van der Waals surface area contributed by atoms with E-state index in [0.29, 0.717) is 18.9 Å². The molecule has 0 saturated carbocycles. The van der Waals surface area contributed by atoms with Crippen LogP contribution in [0.5, 0.6) is 0 Å². The van der Waals surface area contributed by atoms with Crippen molar-refractivity contribution in [1.82, 2.24) is 0 Å². The van der Waals surface area contributed by atoms with Crippen LogP contribution in [-0.4, -0.2) is 42.0 Å². The number of carbonyl (C=O) groups is 2. The molecule has 296 valence electrons. The van der Waals surface area contributed by atoms with Crippen LogP contribution in [0.4, 0.5) is 11.4 Å². The summed E-state index contributed by atoms with van der Waals surface area (Å²) in [5.74, 6) is -0.755. The number of hydrogen-bond acceptors (Lipinski definition) is 9. The molecule has 13 heteroatoms. The maximum atomic E-state index is 12.7. The highest BCUT2D eigenvalue weighted by Gasteiger charge is 2.16. The summed E-state index contributed by atoms with van der Waals surface area (Å²) in [6.45, 7) is 8.00. The zero-order valence-corrected chi connectivity index (χ0v) is 34.2. The van der Waals surface area contributed by atoms with Crippen LogP contribution in [0.25, 0.3) is 33.7 Å². The molecule has 3 N–H and O–H groups in total. The quantitative estimate of drug-likeness (QED) is 0.0594. The third kappa shape index (κ3) is 12.8. The molecule has 0 fully saturated rings. The lowest BCUT2D eigenvalue weighted by atomic mass is 10.0. The Kier molecular flexibility index (Phi) is 15.6. The van der Waals surface area contributed by atoms with Crippen molar-refractivity contribution in [3.8, 4) is 0 Å². The third-order valence-corrected chi connectivity index (χ3v) is 10.9. The van der Waals surface area contributed by atoms with Crippen molar-refractivity contribution in [3.05, 3.63) is 156 Å². The van der Waals surface area contributed by atoms with Gasteiger partial charge in [0.15, 0.2) is 0 Å². The van der Waals surface area contributed by atoms with Crippen molar-refractivity contribution in [1.29, 1.82) is 0 Å². The topological polar surface area (TPSA) is 159 Å². The van der Waals surface area contributed by atoms with Crippen molar-refractivity contribution in [2.45, 2.75) is 37.5 Å². The van der Waals surface area contributed by atoms with Crippen LogP contribution in [0.15, 0.2) is 143 Å². The first-order valence-electron chi connectivity index (χ1n) is 17.7. The molecule has 6 aromatic carbocycles. The number of nitrogens with two attached hydrogens (primary N) is 1. The second-order valence-corrected chi connectivity index (χ2v) is 16.6. The minimum absolute atomic E-state index is 0.143. The fourth-order valence-corrected chi connectivity index (χ4v) is 7.22. The molecule has 6 rings (SSSR count). The van der Waals surface area contributed by atoms with Crippen LogP contribution < -0.4 is 10.5 Å². The van der Waals surface area contributed by atoms with Gasteiger partial charge in [0.05, 0.1) is 28.7 Å². The largest absolute Gasteiger partial charge is 0.463 e. The molecule has 0 amide bonds. The van der Waals surface area contributed by atoms with Gasteiger partial charge >= 0.3 is 11.9 Å². The first kappa shape index (κ1) is 43.8. The van der Waals surface area contributed by atoms with Crippen molar-refractivity contribution in [2.75, 3.05) is 23.7 Å². The first-order valence-corrected chi connectivity index (χ1v) is 21.5. The summed E-state index contributed by atoms with van der Waals surface area (Å²) in [6, 6.07) is 35.5. The standard InChI is InChI=1S/C22H21NO4S.C15H15NO2.C7H7ClO2S/c1-3-27-22(24)15-11-17-10-14-21(20-7-5-4-6-19(17)20)23-28(25,26)18-12-8-16(2)9-13-18;1-2-18-15(17)10-8-11-7-9-14(16)13-6-4-3-5-12(11)13;1-6-2-4-7(5-3-6)11(8,9)10/h4-15,23H,3H2,1-2H3;3-10H,2,16H2,1H3;2-5H,1H3/b15-11+;10-8+;. The van der Waals surface area contributed by atoms with E-state index in [1.165, 1.54) is 24.3 Å². The maximum absolute atomic E-state index is 12.7. The van der Waals surface area contributed by atoms with E-state index in [1.807, 2.05) is 74.5 Å². The number of nitrogen functional groups attached to an aromatic ring is 1. The fraction of sp³-hybridized carbons (Fsp3) is 0.136. The Balaban J connectivity index is 0.000000211. The van der Waals surface area contributed by atoms with E-state index < -0.39 is 25.0 Å². The average Bonchev–Trinajstić information content (AvgIpc) is 3.18. The van der Waals surface area contributed by atoms with Gasteiger partial charge in [0.2, 0.25) is 0 Å². The summed E-state index contributed by atoms with van der Waals surface area (Å²) < 4.78 is 59.3. The number of aryl methyl sites for hydroxylation is 2. The number of ether oxygens (including phenoxy) is 2. The minimum atomic E-state index is -3.71. The molecule has 0 aliphatic rings. The number of nitrogens with one attached hydrogen (secondary N) is 1. The lowest BCUT2D eigenvalue weighted by Crippen LogP contribution is -2.13. The molecule has 0 spiro atoms. The zero-order chi connectivity index (χ0) is 41.6. The van der Waals surface area contributed by atoms with E-state index in [-0.39, 0.29) is 15.8 Å². The van der Waals surface area contributed by atoms with Crippen molar-refractivity contribution >= 4 is 86.8 Å². The number of sulfonamides is 1. The van der Waals surface area contributed by atoms with E-state index in [0.717, 1.165) is 49.5 Å². The Morgan fingerprint density at radius 2 is 1.02 bits per heavy atom. The van der Waals surface area contributed by atoms with Crippen LogP contribution >= 0.6 is 10.7 Å². The number of rotatable bonds is 10. The SMILES string of the molecule is CCOC(=O)/C=C/c1ccc(N)c2ccccc12.CCOC(=O)/C=C/c1ccc(NS(=O)(=O)c2ccc(C)cc2)c2ccccc12.Cc1ccc(S(=O)(=O)Cl)cc1. The van der Waals surface area contributed by atoms with Crippen molar-refractivity contribution in [3.63, 3.8) is 0 Å². The van der Waals surface area contributed by atoms with Crippen LogP contribution in [0.1, 0.15) is 36.1 Å². The highest BCUT2D eigenvalue weighted by molar-refractivity contribution is 8.13. The molecule has 0 radical (unpaired) electrons. The first-order chi connectivity index (χ1) is 27.1. The minimum Gasteiger partial charge on any atom is -0.463 e. The van der Waals surface area contributed by atoms with E-state index in [1.54, 1.807) is 74.5 Å². The average molecular weight is 827 g/mol. The molecule has 0 aliphatic heterocycles. The van der Waals surface area contributed by atoms with Gasteiger partial charge in [-0.2, -0.15) is 0 Å². The highest BCUT2D eigenvalue weighted by atomic mass is 35.7. The van der Waals surface area contributed by atoms with Gasteiger partial charge in [0.25, 0.3) is 19.1 Å². The number of esters is 2. The maximum Gasteiger partial charge on any atom is 0.330 e. The molecule has 10 nitrogen and oxygen atoms in total. The monoisotopic (exact) mass is 826 g/mol. The number of halogens is 1. The highest BCUT2D eigenvalue weighted by Crippen LogP contribution is 2.30. The normalized spacial score (nSPS) is 11.4. The van der Waals surface area contributed by atoms with Gasteiger partial charge in [-0.3, -0.25) is 4.72 Å². The fourth-order valence-electron chi connectivity index (χ4n) is 5.37. The van der Waals surface area contributed by atoms with Gasteiger partial charge in [-0.25, -0.2) is 26.4 Å². The van der Waals surface area contributed by atoms with Crippen molar-refractivity contribution in [2.24, 2.45) is 0 Å². The molecule has 57 heavy (non-hydrogen) atoms. The van der Waals surface area contributed by atoms with Gasteiger partial charge in [-0.1, -0.05) is 96.1 Å². The molecule has 0 bridgehead atoms. The van der Waals surface area contributed by atoms with Gasteiger partial charge in [0, 0.05) is 39.3 Å². The van der Waals surface area contributed by atoms with Gasteiger partial charge in [-0.15, -0.1) is 0 Å². The summed E-state index contributed by atoms with van der Waals surface area (Å²) in [5.41, 5.74) is 10.9. The molecule has 0 aliphatic carbocycles. The molecule has 0 unspecified atom stereocenters. The van der Waals surface area contributed by atoms with Gasteiger partial charge < -0.3 is 15.2 Å². The van der Waals surface area contributed by atoms with E-state index in [4.69, 9.17) is 25.9 Å². The third-order valence-electron chi connectivity index (χ3n) is 8.20. The molecule has 0 aromatic heterocycles. The van der Waals surface area contributed by atoms with Crippen LogP contribution in [0.3, 0.4) is 0 Å². The second kappa shape index (κ2) is 20.3. The molecule has 0 saturated heterocycles. The number of fused-ring (bicyclic) bond motifs is 2. The summed E-state index contributed by atoms with van der Waals surface area (Å²) in [4.78, 5) is 23.2. The number of anilines is 2. The Hall–Kier alpha value is -5.95. The van der Waals surface area contributed by atoms with E-state index in [2.05, 4.69) is 4.72 Å². The van der Waals surface area contributed by atoms with Crippen LogP contribution in [-0.2, 0) is 38.1 Å². The lowest BCUT2D eigenvalue weighted by molar-refractivity contribution is -0.138. The predicted molar refractivity (Wildman–Crippen MR) is 230 cm³/mol. The van der Waals surface area contributed by atoms with Crippen molar-refractivity contribution < 1.29 is 35.9 Å². The van der Waals surface area contributed by atoms with Crippen LogP contribution in [0, 0.1) is 13.8 Å². The summed E-state index contributed by atoms with van der Waals surface area (Å²) in [5, 5.41) is 3.58. The Morgan fingerprint density at radius 3 is 1.49 bits per heavy atom. The lowest BCUT2D eigenvalue weighted by Gasteiger charge is -2.12. The second-order valence-electron chi connectivity index (χ2n) is 12.4. The summed E-state index contributed by atoms with van der Waals surface area (Å²) in [7, 11) is -2.17. The smallest absolute Gasteiger partial charge is 0.330 e. The summed E-state index contributed by atoms with van der Waals surface area (Å²) >= 11 is 0. The Bertz CT molecular complexity index is 2620. The van der Waals surface area contributed by atoms with Gasteiger partial charge in [0.1, 0.15) is 0 Å². The molecule has 0 heterocycles. The Morgan fingerprint density at radius 1 is 0.596 bits per heavy atom. The number of carbonyl (C=O) groups excluding carboxylic acids is 2. The van der Waals surface area contributed by atoms with E-state index in [9.17, 15) is 26.4 Å². The van der Waals surface area contributed by atoms with Crippen LogP contribution in [0.2, 0.25) is 0 Å². The predicted octanol–water partition coefficient (Wildman–Crippen LogP) is 9.45. The molecule has 0 atom stereocenters. The summed E-state index contributed by atoms with van der Waals surface area (Å²) in [6.07, 6.45) is 6.21. The number of benzene rings is 6. The molecular formula is C44H43ClN2O8S2. The van der Waals surface area contributed by atoms with Gasteiger partial charge in [-0.05, 0) is 98.1 Å².